The maximum absolute atomic E-state index is 5.44. The van der Waals surface area contributed by atoms with Gasteiger partial charge in [0.2, 0.25) is 5.96 Å². The molecule has 86 valence electrons. The lowest BCUT2D eigenvalue weighted by Crippen LogP contribution is -2.36. The van der Waals surface area contributed by atoms with Crippen LogP contribution in [0.4, 0.5) is 5.69 Å². The molecule has 1 fully saturated rings. The molecule has 1 aliphatic rings. The van der Waals surface area contributed by atoms with Crippen LogP contribution in [0.1, 0.15) is 25.3 Å². The average Bonchev–Trinajstić information content (AvgIpc) is 3.13. The van der Waals surface area contributed by atoms with Crippen molar-refractivity contribution in [1.82, 2.24) is 5.43 Å². The van der Waals surface area contributed by atoms with Crippen molar-refractivity contribution in [2.75, 3.05) is 5.32 Å². The van der Waals surface area contributed by atoms with Crippen LogP contribution in [0, 0.1) is 0 Å². The molecule has 1 saturated carbocycles. The highest BCUT2D eigenvalue weighted by molar-refractivity contribution is 5.94. The molecular weight excluding hydrogens is 200 g/mol. The van der Waals surface area contributed by atoms with Gasteiger partial charge in [-0.05, 0) is 30.9 Å². The Bertz CT molecular complexity index is 382. The topological polar surface area (TPSA) is 62.4 Å². The molecule has 0 spiro atoms. The SMILES string of the molecule is CCc1ccccc1NC(=NC1CC1)NN. The normalized spacial score (nSPS) is 16.0. The Hall–Kier alpha value is -1.55. The predicted molar refractivity (Wildman–Crippen MR) is 67.2 cm³/mol. The van der Waals surface area contributed by atoms with Crippen molar-refractivity contribution in [2.45, 2.75) is 32.2 Å². The summed E-state index contributed by atoms with van der Waals surface area (Å²) >= 11 is 0. The molecule has 0 unspecified atom stereocenters. The second kappa shape index (κ2) is 4.99. The van der Waals surface area contributed by atoms with Crippen LogP contribution < -0.4 is 16.6 Å². The number of aryl methyl sites for hydroxylation is 1. The second-order valence-electron chi connectivity index (χ2n) is 3.99. The summed E-state index contributed by atoms with van der Waals surface area (Å²) in [6.07, 6.45) is 3.33. The van der Waals surface area contributed by atoms with Crippen LogP contribution in [0.5, 0.6) is 0 Å². The van der Waals surface area contributed by atoms with E-state index in [0.717, 1.165) is 12.1 Å². The van der Waals surface area contributed by atoms with Gasteiger partial charge in [-0.1, -0.05) is 25.1 Å². The van der Waals surface area contributed by atoms with E-state index in [4.69, 9.17) is 5.84 Å². The van der Waals surface area contributed by atoms with Gasteiger partial charge in [0.25, 0.3) is 0 Å². The van der Waals surface area contributed by atoms with Crippen LogP contribution >= 0.6 is 0 Å². The maximum Gasteiger partial charge on any atom is 0.210 e. The largest absolute Gasteiger partial charge is 0.325 e. The molecule has 4 nitrogen and oxygen atoms in total. The molecule has 4 heteroatoms. The molecule has 0 aromatic heterocycles. The molecule has 0 atom stereocenters. The molecule has 0 amide bonds. The number of para-hydroxylation sites is 1. The molecule has 0 radical (unpaired) electrons. The van der Waals surface area contributed by atoms with E-state index >= 15 is 0 Å². The number of anilines is 1. The molecule has 0 aliphatic heterocycles. The minimum absolute atomic E-state index is 0.451. The molecule has 4 N–H and O–H groups in total. The molecule has 1 aliphatic carbocycles. The van der Waals surface area contributed by atoms with Crippen molar-refractivity contribution in [3.8, 4) is 0 Å². The third kappa shape index (κ3) is 2.73. The van der Waals surface area contributed by atoms with Gasteiger partial charge in [0.15, 0.2) is 0 Å². The summed E-state index contributed by atoms with van der Waals surface area (Å²) in [5.41, 5.74) is 4.95. The molecule has 2 rings (SSSR count). The molecule has 0 saturated heterocycles. The number of guanidine groups is 1. The van der Waals surface area contributed by atoms with Gasteiger partial charge in [0.1, 0.15) is 0 Å². The number of hydrogen-bond donors (Lipinski definition) is 3. The van der Waals surface area contributed by atoms with Crippen molar-refractivity contribution in [3.63, 3.8) is 0 Å². The minimum atomic E-state index is 0.451. The van der Waals surface area contributed by atoms with E-state index in [9.17, 15) is 0 Å². The van der Waals surface area contributed by atoms with Gasteiger partial charge in [-0.15, -0.1) is 0 Å². The Morgan fingerprint density at radius 3 is 2.81 bits per heavy atom. The van der Waals surface area contributed by atoms with Crippen LogP contribution in [0.25, 0.3) is 0 Å². The zero-order valence-corrected chi connectivity index (χ0v) is 9.53. The zero-order valence-electron chi connectivity index (χ0n) is 9.53. The first kappa shape index (κ1) is 11.0. The van der Waals surface area contributed by atoms with Gasteiger partial charge in [0.05, 0.1) is 6.04 Å². The number of nitrogens with two attached hydrogens (primary N) is 1. The summed E-state index contributed by atoms with van der Waals surface area (Å²) in [6.45, 7) is 2.13. The number of hydrazine groups is 1. The lowest BCUT2D eigenvalue weighted by molar-refractivity contribution is 0.965. The van der Waals surface area contributed by atoms with Gasteiger partial charge in [-0.2, -0.15) is 0 Å². The Labute approximate surface area is 95.9 Å². The van der Waals surface area contributed by atoms with Gasteiger partial charge in [-0.25, -0.2) is 10.8 Å². The average molecular weight is 218 g/mol. The molecule has 1 aromatic rings. The molecular formula is C12H18N4. The Morgan fingerprint density at radius 2 is 2.19 bits per heavy atom. The van der Waals surface area contributed by atoms with E-state index in [0.29, 0.717) is 12.0 Å². The fourth-order valence-electron chi connectivity index (χ4n) is 1.57. The Morgan fingerprint density at radius 1 is 1.44 bits per heavy atom. The van der Waals surface area contributed by atoms with Gasteiger partial charge >= 0.3 is 0 Å². The maximum atomic E-state index is 5.44. The van der Waals surface area contributed by atoms with E-state index in [2.05, 4.69) is 28.7 Å². The number of hydrogen-bond acceptors (Lipinski definition) is 2. The first-order valence-electron chi connectivity index (χ1n) is 5.72. The first-order valence-corrected chi connectivity index (χ1v) is 5.72. The van der Waals surface area contributed by atoms with Crippen molar-refractivity contribution < 1.29 is 0 Å². The first-order chi connectivity index (χ1) is 7.83. The summed E-state index contributed by atoms with van der Waals surface area (Å²) in [4.78, 5) is 4.45. The van der Waals surface area contributed by atoms with Crippen molar-refractivity contribution in [2.24, 2.45) is 10.8 Å². The van der Waals surface area contributed by atoms with E-state index < -0.39 is 0 Å². The summed E-state index contributed by atoms with van der Waals surface area (Å²) < 4.78 is 0. The summed E-state index contributed by atoms with van der Waals surface area (Å²) in [5.74, 6) is 6.10. The molecule has 16 heavy (non-hydrogen) atoms. The number of nitrogens with one attached hydrogen (secondary N) is 2. The third-order valence-corrected chi connectivity index (χ3v) is 2.65. The van der Waals surface area contributed by atoms with E-state index in [1.54, 1.807) is 0 Å². The third-order valence-electron chi connectivity index (χ3n) is 2.65. The highest BCUT2D eigenvalue weighted by atomic mass is 15.3. The van der Waals surface area contributed by atoms with E-state index in [1.807, 2.05) is 18.2 Å². The summed E-state index contributed by atoms with van der Waals surface area (Å²) in [7, 11) is 0. The fraction of sp³-hybridized carbons (Fsp3) is 0.417. The van der Waals surface area contributed by atoms with Crippen LogP contribution in [0.15, 0.2) is 29.3 Å². The van der Waals surface area contributed by atoms with Crippen molar-refractivity contribution in [1.29, 1.82) is 0 Å². The van der Waals surface area contributed by atoms with Gasteiger partial charge in [0, 0.05) is 5.69 Å². The number of benzene rings is 1. The highest BCUT2D eigenvalue weighted by Crippen LogP contribution is 2.23. The van der Waals surface area contributed by atoms with E-state index in [1.165, 1.54) is 18.4 Å². The molecule has 0 bridgehead atoms. The highest BCUT2D eigenvalue weighted by Gasteiger charge is 2.21. The van der Waals surface area contributed by atoms with E-state index in [-0.39, 0.29) is 0 Å². The zero-order chi connectivity index (χ0) is 11.4. The second-order valence-corrected chi connectivity index (χ2v) is 3.99. The number of nitrogens with zero attached hydrogens (tertiary/aromatic N) is 1. The quantitative estimate of drug-likeness (QED) is 0.313. The predicted octanol–water partition coefficient (Wildman–Crippen LogP) is 1.64. The number of rotatable bonds is 3. The van der Waals surface area contributed by atoms with Crippen LogP contribution in [-0.4, -0.2) is 12.0 Å². The van der Waals surface area contributed by atoms with Crippen molar-refractivity contribution in [3.05, 3.63) is 29.8 Å². The number of aliphatic imine (C=N–C) groups is 1. The van der Waals surface area contributed by atoms with Gasteiger partial charge in [-0.3, -0.25) is 5.43 Å². The van der Waals surface area contributed by atoms with Crippen LogP contribution in [0.3, 0.4) is 0 Å². The van der Waals surface area contributed by atoms with Gasteiger partial charge < -0.3 is 5.32 Å². The smallest absolute Gasteiger partial charge is 0.210 e. The Balaban J connectivity index is 2.11. The monoisotopic (exact) mass is 218 g/mol. The lowest BCUT2D eigenvalue weighted by atomic mass is 10.1. The van der Waals surface area contributed by atoms with Crippen LogP contribution in [-0.2, 0) is 6.42 Å². The minimum Gasteiger partial charge on any atom is -0.325 e. The summed E-state index contributed by atoms with van der Waals surface area (Å²) in [5, 5.41) is 3.23. The van der Waals surface area contributed by atoms with Crippen LogP contribution in [0.2, 0.25) is 0 Å². The Kier molecular flexibility index (Phi) is 3.41. The summed E-state index contributed by atoms with van der Waals surface area (Å²) in [6, 6.07) is 8.64. The standard InChI is InChI=1S/C12H18N4/c1-2-9-5-3-4-6-11(9)15-12(16-13)14-10-7-8-10/h3-6,10H,2,7-8,13H2,1H3,(H2,14,15,16). The van der Waals surface area contributed by atoms with Crippen molar-refractivity contribution >= 4 is 11.6 Å². The fourth-order valence-corrected chi connectivity index (χ4v) is 1.57. The molecule has 1 aromatic carbocycles. The molecule has 0 heterocycles. The lowest BCUT2D eigenvalue weighted by Gasteiger charge is -2.12.